The lowest BCUT2D eigenvalue weighted by Crippen LogP contribution is -2.66. The van der Waals surface area contributed by atoms with E-state index in [1.807, 2.05) is 0 Å². The lowest BCUT2D eigenvalue weighted by atomic mass is 9.86. The molecule has 0 unspecified atom stereocenters. The minimum atomic E-state index is -1.26. The molecule has 1 saturated heterocycles. The summed E-state index contributed by atoms with van der Waals surface area (Å²) in [6.07, 6.45) is 1.62. The first-order valence-corrected chi connectivity index (χ1v) is 6.67. The van der Waals surface area contributed by atoms with Crippen LogP contribution in [-0.4, -0.2) is 27.7 Å². The summed E-state index contributed by atoms with van der Waals surface area (Å²) in [5.41, 5.74) is -2.16. The van der Waals surface area contributed by atoms with Crippen LogP contribution in [0.2, 0.25) is 0 Å². The molecule has 1 aromatic heterocycles. The lowest BCUT2D eigenvalue weighted by Gasteiger charge is -2.42. The Hall–Kier alpha value is -1.76. The van der Waals surface area contributed by atoms with Gasteiger partial charge in [0.25, 0.3) is 0 Å². The van der Waals surface area contributed by atoms with Crippen LogP contribution < -0.4 is 5.32 Å². The van der Waals surface area contributed by atoms with Crippen LogP contribution in [0.25, 0.3) is 0 Å². The van der Waals surface area contributed by atoms with Crippen LogP contribution in [0.5, 0.6) is 0 Å². The number of amides is 4. The second kappa shape index (κ2) is 4.12. The molecule has 1 fully saturated rings. The number of rotatable bonds is 2. The van der Waals surface area contributed by atoms with Crippen molar-refractivity contribution in [2.24, 2.45) is 5.41 Å². The third-order valence-corrected chi connectivity index (χ3v) is 4.33. The van der Waals surface area contributed by atoms with Crippen LogP contribution in [-0.2, 0) is 15.1 Å². The summed E-state index contributed by atoms with van der Waals surface area (Å²) in [5, 5.41) is 4.64. The van der Waals surface area contributed by atoms with Crippen LogP contribution in [0.3, 0.4) is 0 Å². The number of carbonyl (C=O) groups excluding carboxylic acids is 3. The number of thiazole rings is 1. The molecule has 1 aliphatic rings. The molecule has 0 spiro atoms. The molecule has 2 rings (SSSR count). The predicted octanol–water partition coefficient (Wildman–Crippen LogP) is 1.48. The number of nitrogens with one attached hydrogen (secondary N) is 1. The zero-order chi connectivity index (χ0) is 14.4. The number of aromatic nitrogens is 1. The monoisotopic (exact) mass is 281 g/mol. The summed E-state index contributed by atoms with van der Waals surface area (Å²) in [7, 11) is 0. The molecule has 0 radical (unpaired) electrons. The molecule has 0 aliphatic carbocycles. The summed E-state index contributed by atoms with van der Waals surface area (Å²) in [5.74, 6) is -1.09. The predicted molar refractivity (Wildman–Crippen MR) is 69.3 cm³/mol. The van der Waals surface area contributed by atoms with Crippen molar-refractivity contribution in [2.75, 3.05) is 0 Å². The van der Waals surface area contributed by atoms with E-state index in [-0.39, 0.29) is 0 Å². The van der Waals surface area contributed by atoms with Crippen LogP contribution in [0.4, 0.5) is 4.79 Å². The zero-order valence-electron chi connectivity index (χ0n) is 11.2. The molecule has 1 aliphatic heterocycles. The third kappa shape index (κ3) is 1.94. The number of urea groups is 1. The van der Waals surface area contributed by atoms with Gasteiger partial charge in [-0.3, -0.25) is 19.8 Å². The quantitative estimate of drug-likeness (QED) is 0.833. The molecular formula is C12H15N3O3S. The molecule has 1 N–H and O–H groups in total. The summed E-state index contributed by atoms with van der Waals surface area (Å²) >= 11 is 1.36. The smallest absolute Gasteiger partial charge is 0.277 e. The number of hydrogen-bond acceptors (Lipinski definition) is 5. The maximum absolute atomic E-state index is 12.4. The molecule has 7 heteroatoms. The van der Waals surface area contributed by atoms with Gasteiger partial charge < -0.3 is 0 Å². The van der Waals surface area contributed by atoms with Crippen molar-refractivity contribution >= 4 is 29.2 Å². The van der Waals surface area contributed by atoms with Crippen molar-refractivity contribution < 1.29 is 14.4 Å². The van der Waals surface area contributed by atoms with E-state index in [0.29, 0.717) is 5.01 Å². The van der Waals surface area contributed by atoms with Gasteiger partial charge in [-0.25, -0.2) is 9.78 Å². The SMILES string of the molecule is CC1(C)C(=O)NC(=O)N(C(C)(C)c2nccs2)C1=O. The highest BCUT2D eigenvalue weighted by Gasteiger charge is 2.52. The van der Waals surface area contributed by atoms with Gasteiger partial charge in [-0.2, -0.15) is 0 Å². The van der Waals surface area contributed by atoms with Crippen molar-refractivity contribution in [3.63, 3.8) is 0 Å². The van der Waals surface area contributed by atoms with E-state index in [2.05, 4.69) is 10.3 Å². The van der Waals surface area contributed by atoms with E-state index >= 15 is 0 Å². The van der Waals surface area contributed by atoms with Crippen LogP contribution in [0.15, 0.2) is 11.6 Å². The molecule has 0 bridgehead atoms. The number of carbonyl (C=O) groups is 3. The van der Waals surface area contributed by atoms with E-state index in [9.17, 15) is 14.4 Å². The number of barbiturate groups is 1. The number of nitrogens with zero attached hydrogens (tertiary/aromatic N) is 2. The molecule has 102 valence electrons. The van der Waals surface area contributed by atoms with Gasteiger partial charge in [0, 0.05) is 11.6 Å². The van der Waals surface area contributed by atoms with E-state index in [1.54, 1.807) is 25.4 Å². The highest BCUT2D eigenvalue weighted by molar-refractivity contribution is 7.09. The largest absolute Gasteiger partial charge is 0.331 e. The highest BCUT2D eigenvalue weighted by Crippen LogP contribution is 2.35. The van der Waals surface area contributed by atoms with Gasteiger partial charge in [-0.05, 0) is 27.7 Å². The average Bonchev–Trinajstić information content (AvgIpc) is 2.80. The maximum atomic E-state index is 12.4. The molecule has 2 heterocycles. The van der Waals surface area contributed by atoms with Crippen molar-refractivity contribution in [3.05, 3.63) is 16.6 Å². The molecule has 19 heavy (non-hydrogen) atoms. The molecular weight excluding hydrogens is 266 g/mol. The van der Waals surface area contributed by atoms with Crippen molar-refractivity contribution in [1.82, 2.24) is 15.2 Å². The Kier molecular flexibility index (Phi) is 2.97. The first-order chi connectivity index (χ1) is 8.69. The average molecular weight is 281 g/mol. The minimum Gasteiger partial charge on any atom is -0.277 e. The molecule has 0 atom stereocenters. The van der Waals surface area contributed by atoms with Gasteiger partial charge in [0.15, 0.2) is 0 Å². The first kappa shape index (κ1) is 13.7. The van der Waals surface area contributed by atoms with Gasteiger partial charge in [-0.1, -0.05) is 0 Å². The van der Waals surface area contributed by atoms with Gasteiger partial charge in [0.1, 0.15) is 10.4 Å². The van der Waals surface area contributed by atoms with Crippen LogP contribution in [0, 0.1) is 5.41 Å². The highest BCUT2D eigenvalue weighted by atomic mass is 32.1. The number of hydrogen-bond donors (Lipinski definition) is 1. The lowest BCUT2D eigenvalue weighted by molar-refractivity contribution is -0.152. The normalized spacial score (nSPS) is 19.6. The van der Waals surface area contributed by atoms with Gasteiger partial charge in [0.2, 0.25) is 11.8 Å². The van der Waals surface area contributed by atoms with E-state index in [4.69, 9.17) is 0 Å². The summed E-state index contributed by atoms with van der Waals surface area (Å²) in [6, 6.07) is -0.700. The van der Waals surface area contributed by atoms with Gasteiger partial charge >= 0.3 is 6.03 Å². The van der Waals surface area contributed by atoms with Gasteiger partial charge in [0.05, 0.1) is 5.54 Å². The second-order valence-electron chi connectivity index (χ2n) is 5.42. The zero-order valence-corrected chi connectivity index (χ0v) is 12.0. The third-order valence-electron chi connectivity index (χ3n) is 3.24. The van der Waals surface area contributed by atoms with Crippen molar-refractivity contribution in [1.29, 1.82) is 0 Å². The Morgan fingerprint density at radius 1 is 1.32 bits per heavy atom. The maximum Gasteiger partial charge on any atom is 0.331 e. The summed E-state index contributed by atoms with van der Waals surface area (Å²) < 4.78 is 0. The fraction of sp³-hybridized carbons (Fsp3) is 0.500. The Labute approximate surface area is 114 Å². The van der Waals surface area contributed by atoms with E-state index < -0.39 is 28.8 Å². The van der Waals surface area contributed by atoms with Crippen LogP contribution in [0.1, 0.15) is 32.7 Å². The molecule has 0 aromatic carbocycles. The molecule has 6 nitrogen and oxygen atoms in total. The topological polar surface area (TPSA) is 79.4 Å². The Bertz CT molecular complexity index is 549. The summed E-state index contributed by atoms with van der Waals surface area (Å²) in [4.78, 5) is 41.4. The van der Waals surface area contributed by atoms with E-state index in [0.717, 1.165) is 4.90 Å². The Morgan fingerprint density at radius 2 is 1.95 bits per heavy atom. The number of imide groups is 2. The van der Waals surface area contributed by atoms with Gasteiger partial charge in [-0.15, -0.1) is 11.3 Å². The fourth-order valence-corrected chi connectivity index (χ4v) is 2.66. The second-order valence-corrected chi connectivity index (χ2v) is 6.32. The summed E-state index contributed by atoms with van der Waals surface area (Å²) in [6.45, 7) is 6.47. The Balaban J connectivity index is 2.47. The minimum absolute atomic E-state index is 0.513. The van der Waals surface area contributed by atoms with Crippen LogP contribution >= 0.6 is 11.3 Å². The Morgan fingerprint density at radius 3 is 2.47 bits per heavy atom. The van der Waals surface area contributed by atoms with Crippen molar-refractivity contribution in [2.45, 2.75) is 33.2 Å². The standard InChI is InChI=1S/C12H15N3O3S/c1-11(2)7(16)14-10(18)15(9(11)17)12(3,4)8-13-5-6-19-8/h5-6H,1-4H3,(H,14,16,18). The van der Waals surface area contributed by atoms with E-state index in [1.165, 1.54) is 25.2 Å². The fourth-order valence-electron chi connectivity index (χ4n) is 1.91. The molecule has 0 saturated carbocycles. The molecule has 1 aromatic rings. The van der Waals surface area contributed by atoms with Crippen molar-refractivity contribution in [3.8, 4) is 0 Å². The first-order valence-electron chi connectivity index (χ1n) is 5.79. The molecule has 4 amide bonds.